The average molecular weight is 380 g/mol. The first-order chi connectivity index (χ1) is 13.3. The Labute approximate surface area is 164 Å². The second kappa shape index (κ2) is 8.00. The summed E-state index contributed by atoms with van der Waals surface area (Å²) in [5, 5.41) is 0. The summed E-state index contributed by atoms with van der Waals surface area (Å²) in [6.45, 7) is 13.0. The highest BCUT2D eigenvalue weighted by Gasteiger charge is 2.19. The van der Waals surface area contributed by atoms with Crippen LogP contribution in [0.15, 0.2) is 52.8 Å². The van der Waals surface area contributed by atoms with E-state index >= 15 is 0 Å². The summed E-state index contributed by atoms with van der Waals surface area (Å²) in [7, 11) is 0. The highest BCUT2D eigenvalue weighted by atomic mass is 16.2. The van der Waals surface area contributed by atoms with Gasteiger partial charge in [-0.25, -0.2) is 14.3 Å². The fourth-order valence-corrected chi connectivity index (χ4v) is 3.28. The Hall–Kier alpha value is -2.89. The van der Waals surface area contributed by atoms with E-state index in [1.807, 2.05) is 24.3 Å². The summed E-state index contributed by atoms with van der Waals surface area (Å²) in [5.74, 6) is 0.788. The molecule has 0 bridgehead atoms. The van der Waals surface area contributed by atoms with Crippen LogP contribution in [0.25, 0.3) is 16.9 Å². The van der Waals surface area contributed by atoms with Gasteiger partial charge in [-0.1, -0.05) is 45.9 Å². The molecule has 0 spiro atoms. The van der Waals surface area contributed by atoms with E-state index in [9.17, 15) is 9.59 Å². The highest BCUT2D eigenvalue weighted by Crippen LogP contribution is 2.18. The number of rotatable bonds is 7. The molecule has 0 fully saturated rings. The van der Waals surface area contributed by atoms with Crippen molar-refractivity contribution in [1.29, 1.82) is 0 Å². The second-order valence-electron chi connectivity index (χ2n) is 7.86. The van der Waals surface area contributed by atoms with Crippen LogP contribution in [0, 0.1) is 5.92 Å². The van der Waals surface area contributed by atoms with E-state index in [-0.39, 0.29) is 11.2 Å². The zero-order valence-electron chi connectivity index (χ0n) is 17.1. The smallest absolute Gasteiger partial charge is 0.321 e. The van der Waals surface area contributed by atoms with Gasteiger partial charge < -0.3 is 4.57 Å². The molecule has 6 nitrogen and oxygen atoms in total. The van der Waals surface area contributed by atoms with E-state index in [0.717, 1.165) is 6.42 Å². The van der Waals surface area contributed by atoms with Gasteiger partial charge in [0.1, 0.15) is 0 Å². The van der Waals surface area contributed by atoms with Crippen LogP contribution in [0.2, 0.25) is 0 Å². The van der Waals surface area contributed by atoms with E-state index < -0.39 is 0 Å². The zero-order chi connectivity index (χ0) is 20.4. The van der Waals surface area contributed by atoms with Crippen molar-refractivity contribution in [3.63, 3.8) is 0 Å². The minimum absolute atomic E-state index is 0.296. The largest absolute Gasteiger partial charge is 0.337 e. The number of aromatic nitrogens is 4. The van der Waals surface area contributed by atoms with Crippen molar-refractivity contribution in [3.8, 4) is 5.69 Å². The van der Waals surface area contributed by atoms with Crippen LogP contribution in [-0.4, -0.2) is 18.7 Å². The van der Waals surface area contributed by atoms with Gasteiger partial charge in [0, 0.05) is 13.1 Å². The van der Waals surface area contributed by atoms with Crippen molar-refractivity contribution in [2.45, 2.75) is 53.1 Å². The third kappa shape index (κ3) is 3.59. The Kier molecular flexibility index (Phi) is 5.68. The van der Waals surface area contributed by atoms with E-state index in [1.54, 1.807) is 21.5 Å². The van der Waals surface area contributed by atoms with Crippen molar-refractivity contribution in [2.75, 3.05) is 0 Å². The Bertz CT molecular complexity index is 1100. The van der Waals surface area contributed by atoms with E-state index in [4.69, 9.17) is 0 Å². The Morgan fingerprint density at radius 1 is 1.11 bits per heavy atom. The molecule has 3 rings (SSSR count). The van der Waals surface area contributed by atoms with Gasteiger partial charge in [-0.3, -0.25) is 9.36 Å². The van der Waals surface area contributed by atoms with Crippen LogP contribution in [0.5, 0.6) is 0 Å². The van der Waals surface area contributed by atoms with Crippen molar-refractivity contribution < 1.29 is 0 Å². The summed E-state index contributed by atoms with van der Waals surface area (Å²) in [6, 6.07) is 7.87. The Balaban J connectivity index is 2.29. The van der Waals surface area contributed by atoms with E-state index in [0.29, 0.717) is 41.8 Å². The Morgan fingerprint density at radius 2 is 1.79 bits per heavy atom. The normalized spacial score (nSPS) is 11.6. The quantitative estimate of drug-likeness (QED) is 0.587. The van der Waals surface area contributed by atoms with Gasteiger partial charge in [0.15, 0.2) is 11.2 Å². The van der Waals surface area contributed by atoms with Crippen LogP contribution in [-0.2, 0) is 13.1 Å². The number of imidazole rings is 1. The van der Waals surface area contributed by atoms with E-state index in [2.05, 4.69) is 39.3 Å². The van der Waals surface area contributed by atoms with Gasteiger partial charge in [-0.05, 0) is 36.0 Å². The molecule has 148 valence electrons. The first-order valence-electron chi connectivity index (χ1n) is 9.77. The summed E-state index contributed by atoms with van der Waals surface area (Å²) in [5.41, 5.74) is 2.07. The minimum Gasteiger partial charge on any atom is -0.321 e. The molecule has 2 aromatic heterocycles. The maximum absolute atomic E-state index is 13.3. The van der Waals surface area contributed by atoms with Gasteiger partial charge in [0.2, 0.25) is 0 Å². The topological polar surface area (TPSA) is 61.8 Å². The molecular formula is C22H28N4O2. The first kappa shape index (κ1) is 19.9. The molecule has 0 amide bonds. The molecule has 0 aliphatic heterocycles. The monoisotopic (exact) mass is 380 g/mol. The predicted octanol–water partition coefficient (Wildman–Crippen LogP) is 3.70. The Morgan fingerprint density at radius 3 is 2.36 bits per heavy atom. The molecule has 2 heterocycles. The molecule has 3 aromatic rings. The SMILES string of the molecule is C=CCn1cnc2c1c(=O)n(CCC(C)C)c(=O)n2-c1ccc(C(C)C)cc1. The second-order valence-corrected chi connectivity index (χ2v) is 7.86. The molecule has 0 N–H and O–H groups in total. The number of hydrogen-bond donors (Lipinski definition) is 0. The third-order valence-corrected chi connectivity index (χ3v) is 4.97. The lowest BCUT2D eigenvalue weighted by atomic mass is 10.0. The summed E-state index contributed by atoms with van der Waals surface area (Å²) < 4.78 is 4.62. The van der Waals surface area contributed by atoms with E-state index in [1.165, 1.54) is 10.1 Å². The van der Waals surface area contributed by atoms with Crippen LogP contribution < -0.4 is 11.2 Å². The predicted molar refractivity (Wildman–Crippen MR) is 113 cm³/mol. The molecule has 0 saturated carbocycles. The van der Waals surface area contributed by atoms with Crippen LogP contribution in [0.3, 0.4) is 0 Å². The van der Waals surface area contributed by atoms with Crippen molar-refractivity contribution >= 4 is 11.2 Å². The van der Waals surface area contributed by atoms with Gasteiger partial charge >= 0.3 is 5.69 Å². The summed E-state index contributed by atoms with van der Waals surface area (Å²) >= 11 is 0. The van der Waals surface area contributed by atoms with Crippen molar-refractivity contribution in [1.82, 2.24) is 18.7 Å². The molecule has 1 aromatic carbocycles. The average Bonchev–Trinajstić information content (AvgIpc) is 3.06. The lowest BCUT2D eigenvalue weighted by Gasteiger charge is -2.14. The van der Waals surface area contributed by atoms with Gasteiger partial charge in [0.25, 0.3) is 5.56 Å². The van der Waals surface area contributed by atoms with Gasteiger partial charge in [-0.2, -0.15) is 0 Å². The zero-order valence-corrected chi connectivity index (χ0v) is 17.1. The maximum Gasteiger partial charge on any atom is 0.337 e. The molecule has 28 heavy (non-hydrogen) atoms. The first-order valence-corrected chi connectivity index (χ1v) is 9.77. The summed E-state index contributed by atoms with van der Waals surface area (Å²) in [6.07, 6.45) is 4.06. The third-order valence-electron chi connectivity index (χ3n) is 4.97. The number of nitrogens with zero attached hydrogens (tertiary/aromatic N) is 4. The number of benzene rings is 1. The van der Waals surface area contributed by atoms with Gasteiger partial charge in [0.05, 0.1) is 12.0 Å². The highest BCUT2D eigenvalue weighted by molar-refractivity contribution is 5.72. The molecule has 0 aliphatic rings. The van der Waals surface area contributed by atoms with Crippen LogP contribution in [0.1, 0.15) is 45.6 Å². The molecule has 6 heteroatoms. The van der Waals surface area contributed by atoms with Crippen LogP contribution >= 0.6 is 0 Å². The minimum atomic E-state index is -0.348. The van der Waals surface area contributed by atoms with Gasteiger partial charge in [-0.15, -0.1) is 6.58 Å². The lowest BCUT2D eigenvalue weighted by Crippen LogP contribution is -2.40. The molecule has 0 atom stereocenters. The van der Waals surface area contributed by atoms with Crippen molar-refractivity contribution in [2.24, 2.45) is 5.92 Å². The van der Waals surface area contributed by atoms with Crippen LogP contribution in [0.4, 0.5) is 0 Å². The molecular weight excluding hydrogens is 352 g/mol. The molecule has 0 saturated heterocycles. The van der Waals surface area contributed by atoms with Crippen molar-refractivity contribution in [3.05, 3.63) is 69.6 Å². The molecule has 0 radical (unpaired) electrons. The fraction of sp³-hybridized carbons (Fsp3) is 0.409. The molecule has 0 aliphatic carbocycles. The summed E-state index contributed by atoms with van der Waals surface area (Å²) in [4.78, 5) is 30.8. The molecule has 0 unspecified atom stereocenters. The lowest BCUT2D eigenvalue weighted by molar-refractivity contribution is 0.491. The number of fused-ring (bicyclic) bond motifs is 1. The standard InChI is InChI=1S/C22H28N4O2/c1-6-12-24-14-23-20-19(24)21(27)25(13-11-15(2)3)22(28)26(20)18-9-7-17(8-10-18)16(4)5/h6-10,14-16H,1,11-13H2,2-5H3. The maximum atomic E-state index is 13.3. The fourth-order valence-electron chi connectivity index (χ4n) is 3.28. The number of allylic oxidation sites excluding steroid dienone is 1. The number of hydrogen-bond acceptors (Lipinski definition) is 3.